The van der Waals surface area contributed by atoms with Crippen molar-refractivity contribution in [3.8, 4) is 0 Å². The zero-order valence-electron chi connectivity index (χ0n) is 17.5. The van der Waals surface area contributed by atoms with Crippen LogP contribution in [0.4, 0.5) is 5.69 Å². The third-order valence-electron chi connectivity index (χ3n) is 7.99. The van der Waals surface area contributed by atoms with Crippen molar-refractivity contribution in [2.24, 2.45) is 17.8 Å². The number of carbonyl (C=O) groups is 2. The molecule has 1 aromatic carbocycles. The van der Waals surface area contributed by atoms with Gasteiger partial charge in [-0.1, -0.05) is 18.2 Å². The lowest BCUT2D eigenvalue weighted by Crippen LogP contribution is -2.52. The number of hydrogen-bond acceptors (Lipinski definition) is 4. The van der Waals surface area contributed by atoms with E-state index in [0.29, 0.717) is 17.9 Å². The number of ether oxygens (including phenoxy) is 1. The van der Waals surface area contributed by atoms with Crippen LogP contribution in [0.25, 0.3) is 0 Å². The molecule has 5 nitrogen and oxygen atoms in total. The van der Waals surface area contributed by atoms with Gasteiger partial charge in [-0.15, -0.1) is 0 Å². The highest BCUT2D eigenvalue weighted by molar-refractivity contribution is 6.06. The zero-order valence-corrected chi connectivity index (χ0v) is 17.5. The Balaban J connectivity index is 1.25. The number of amides is 1. The largest absolute Gasteiger partial charge is 0.463 e. The number of likely N-dealkylation sites (tertiary alicyclic amines) is 1. The maximum atomic E-state index is 12.8. The van der Waals surface area contributed by atoms with Gasteiger partial charge in [-0.25, -0.2) is 0 Å². The maximum absolute atomic E-state index is 12.8. The Bertz CT molecular complexity index is 798. The molecule has 1 spiro atoms. The molecular formula is C24H32N2O3. The summed E-state index contributed by atoms with van der Waals surface area (Å²) in [6.45, 7) is 5.80. The summed E-state index contributed by atoms with van der Waals surface area (Å²) in [5, 5.41) is 3.10. The van der Waals surface area contributed by atoms with Gasteiger partial charge in [0, 0.05) is 11.7 Å². The van der Waals surface area contributed by atoms with Gasteiger partial charge >= 0.3 is 5.97 Å². The quantitative estimate of drug-likeness (QED) is 0.791. The summed E-state index contributed by atoms with van der Waals surface area (Å²) in [6, 6.07) is 8.72. The number of esters is 1. The van der Waals surface area contributed by atoms with E-state index in [1.807, 2.05) is 32.0 Å². The number of carbonyl (C=O) groups excluding carboxylic acids is 2. The number of hydrogen-bond donors (Lipinski definition) is 1. The molecule has 4 aliphatic rings. The number of piperidine rings is 1. The van der Waals surface area contributed by atoms with Crippen molar-refractivity contribution in [1.82, 2.24) is 4.90 Å². The van der Waals surface area contributed by atoms with Crippen LogP contribution >= 0.6 is 0 Å². The fraction of sp³-hybridized carbons (Fsp3) is 0.667. The fourth-order valence-corrected chi connectivity index (χ4v) is 6.63. The summed E-state index contributed by atoms with van der Waals surface area (Å²) in [5.74, 6) is 1.26. The van der Waals surface area contributed by atoms with E-state index in [0.717, 1.165) is 57.3 Å². The molecule has 2 saturated carbocycles. The molecule has 2 aliphatic heterocycles. The molecule has 2 atom stereocenters. The van der Waals surface area contributed by atoms with E-state index in [1.54, 1.807) is 0 Å². The summed E-state index contributed by atoms with van der Waals surface area (Å²) >= 11 is 0. The van der Waals surface area contributed by atoms with Gasteiger partial charge in [0.25, 0.3) is 0 Å². The number of para-hydroxylation sites is 1. The minimum atomic E-state index is -0.343. The molecule has 5 rings (SSSR count). The first-order valence-corrected chi connectivity index (χ1v) is 11.3. The van der Waals surface area contributed by atoms with E-state index in [9.17, 15) is 9.59 Å². The third kappa shape index (κ3) is 3.09. The first-order chi connectivity index (χ1) is 14.0. The zero-order chi connectivity index (χ0) is 20.2. The van der Waals surface area contributed by atoms with Crippen LogP contribution in [0.2, 0.25) is 0 Å². The van der Waals surface area contributed by atoms with Gasteiger partial charge in [-0.3, -0.25) is 9.59 Å². The Hall–Kier alpha value is -1.88. The molecule has 2 heterocycles. The smallest absolute Gasteiger partial charge is 0.309 e. The SMILES string of the molecule is CC(C)OC(=O)C1C2CCC1CC(N1CCC3(CC1)C(=O)Nc1ccccc13)C2. The summed E-state index contributed by atoms with van der Waals surface area (Å²) in [5.41, 5.74) is 1.84. The molecule has 1 N–H and O–H groups in total. The summed E-state index contributed by atoms with van der Waals surface area (Å²) in [4.78, 5) is 28.0. The number of rotatable bonds is 3. The Morgan fingerprint density at radius 2 is 1.79 bits per heavy atom. The molecule has 29 heavy (non-hydrogen) atoms. The van der Waals surface area contributed by atoms with Crippen LogP contribution in [0.15, 0.2) is 24.3 Å². The average Bonchev–Trinajstić information content (AvgIpc) is 3.12. The highest BCUT2D eigenvalue weighted by Crippen LogP contribution is 2.50. The minimum absolute atomic E-state index is 0.0293. The lowest BCUT2D eigenvalue weighted by molar-refractivity contribution is -0.157. The summed E-state index contributed by atoms with van der Waals surface area (Å²) < 4.78 is 5.56. The third-order valence-corrected chi connectivity index (χ3v) is 7.99. The van der Waals surface area contributed by atoms with Gasteiger partial charge in [-0.05, 0) is 88.9 Å². The predicted octanol–water partition coefficient (Wildman–Crippen LogP) is 3.73. The summed E-state index contributed by atoms with van der Waals surface area (Å²) in [7, 11) is 0. The first-order valence-electron chi connectivity index (χ1n) is 11.3. The van der Waals surface area contributed by atoms with Crippen molar-refractivity contribution in [1.29, 1.82) is 0 Å². The highest BCUT2D eigenvalue weighted by atomic mass is 16.5. The van der Waals surface area contributed by atoms with Gasteiger partial charge in [0.15, 0.2) is 0 Å². The Labute approximate surface area is 173 Å². The molecule has 156 valence electrons. The van der Waals surface area contributed by atoms with Crippen molar-refractivity contribution in [3.05, 3.63) is 29.8 Å². The fourth-order valence-electron chi connectivity index (χ4n) is 6.63. The Morgan fingerprint density at radius 1 is 1.14 bits per heavy atom. The van der Waals surface area contributed by atoms with E-state index >= 15 is 0 Å². The molecule has 2 bridgehead atoms. The van der Waals surface area contributed by atoms with E-state index < -0.39 is 0 Å². The summed E-state index contributed by atoms with van der Waals surface area (Å²) in [6.07, 6.45) is 6.27. The second kappa shape index (κ2) is 7.12. The van der Waals surface area contributed by atoms with Gasteiger partial charge in [0.1, 0.15) is 0 Å². The van der Waals surface area contributed by atoms with Gasteiger partial charge in [-0.2, -0.15) is 0 Å². The number of benzene rings is 1. The minimum Gasteiger partial charge on any atom is -0.463 e. The van der Waals surface area contributed by atoms with E-state index in [1.165, 1.54) is 5.56 Å². The average molecular weight is 397 g/mol. The molecule has 0 aromatic heterocycles. The van der Waals surface area contributed by atoms with Crippen LogP contribution in [0, 0.1) is 17.8 Å². The number of anilines is 1. The Kier molecular flexibility index (Phi) is 4.69. The van der Waals surface area contributed by atoms with Crippen LogP contribution in [0.5, 0.6) is 0 Å². The molecule has 2 aliphatic carbocycles. The van der Waals surface area contributed by atoms with Crippen LogP contribution in [-0.4, -0.2) is 42.0 Å². The molecular weight excluding hydrogens is 364 g/mol. The van der Waals surface area contributed by atoms with Crippen molar-refractivity contribution in [2.75, 3.05) is 18.4 Å². The highest BCUT2D eigenvalue weighted by Gasteiger charge is 2.52. The standard InChI is InChI=1S/C24H32N2O3/c1-15(2)29-22(27)21-16-7-8-17(21)14-18(13-16)26-11-9-24(10-12-26)19-5-3-4-6-20(19)25-23(24)28/h3-6,15-18,21H,7-14H2,1-2H3,(H,25,28). The molecule has 3 fully saturated rings. The number of fused-ring (bicyclic) bond motifs is 4. The molecule has 1 amide bonds. The maximum Gasteiger partial charge on any atom is 0.309 e. The molecule has 1 aromatic rings. The lowest BCUT2D eigenvalue weighted by Gasteiger charge is -2.45. The monoisotopic (exact) mass is 396 g/mol. The topological polar surface area (TPSA) is 58.6 Å². The van der Waals surface area contributed by atoms with Crippen LogP contribution in [0.1, 0.15) is 57.9 Å². The van der Waals surface area contributed by atoms with Gasteiger partial charge < -0.3 is 15.0 Å². The first kappa shape index (κ1) is 19.1. The van der Waals surface area contributed by atoms with E-state index in [-0.39, 0.29) is 29.3 Å². The van der Waals surface area contributed by atoms with Crippen molar-refractivity contribution >= 4 is 17.6 Å². The molecule has 2 unspecified atom stereocenters. The van der Waals surface area contributed by atoms with Gasteiger partial charge in [0.05, 0.1) is 17.4 Å². The lowest BCUT2D eigenvalue weighted by atomic mass is 9.71. The van der Waals surface area contributed by atoms with Crippen LogP contribution in [-0.2, 0) is 19.7 Å². The predicted molar refractivity (Wildman–Crippen MR) is 112 cm³/mol. The van der Waals surface area contributed by atoms with Crippen molar-refractivity contribution < 1.29 is 14.3 Å². The van der Waals surface area contributed by atoms with E-state index in [2.05, 4.69) is 16.3 Å². The van der Waals surface area contributed by atoms with Crippen LogP contribution < -0.4 is 5.32 Å². The second-order valence-electron chi connectivity index (χ2n) is 9.85. The van der Waals surface area contributed by atoms with Gasteiger partial charge in [0.2, 0.25) is 5.91 Å². The van der Waals surface area contributed by atoms with Crippen molar-refractivity contribution in [2.45, 2.75) is 69.9 Å². The second-order valence-corrected chi connectivity index (χ2v) is 9.85. The molecule has 0 radical (unpaired) electrons. The van der Waals surface area contributed by atoms with E-state index in [4.69, 9.17) is 4.74 Å². The van der Waals surface area contributed by atoms with Crippen LogP contribution in [0.3, 0.4) is 0 Å². The molecule has 1 saturated heterocycles. The number of nitrogens with zero attached hydrogens (tertiary/aromatic N) is 1. The van der Waals surface area contributed by atoms with Crippen molar-refractivity contribution in [3.63, 3.8) is 0 Å². The normalized spacial score (nSPS) is 33.0. The molecule has 5 heteroatoms. The Morgan fingerprint density at radius 3 is 2.45 bits per heavy atom. The number of nitrogens with one attached hydrogen (secondary N) is 1.